The highest BCUT2D eigenvalue weighted by Crippen LogP contribution is 2.27. The third kappa shape index (κ3) is 3.05. The Balaban J connectivity index is 1.98. The highest BCUT2D eigenvalue weighted by molar-refractivity contribution is 5.92. The number of anilines is 1. The summed E-state index contributed by atoms with van der Waals surface area (Å²) in [7, 11) is 1.65. The number of amides is 1. The predicted octanol–water partition coefficient (Wildman–Crippen LogP) is 2.74. The van der Waals surface area contributed by atoms with Gasteiger partial charge in [0.15, 0.2) is 5.82 Å². The lowest BCUT2D eigenvalue weighted by molar-refractivity contribution is -0.125. The van der Waals surface area contributed by atoms with Gasteiger partial charge in [-0.1, -0.05) is 13.8 Å². The van der Waals surface area contributed by atoms with E-state index in [0.29, 0.717) is 24.5 Å². The largest absolute Gasteiger partial charge is 0.357 e. The first-order valence-electron chi connectivity index (χ1n) is 8.39. The van der Waals surface area contributed by atoms with Gasteiger partial charge in [0.2, 0.25) is 5.91 Å². The van der Waals surface area contributed by atoms with Crippen molar-refractivity contribution in [2.24, 2.45) is 0 Å². The van der Waals surface area contributed by atoms with Crippen LogP contribution in [0.4, 0.5) is 5.82 Å². The number of aromatic amines is 1. The molecule has 0 radical (unpaired) electrons. The van der Waals surface area contributed by atoms with Gasteiger partial charge in [0.05, 0.1) is 0 Å². The van der Waals surface area contributed by atoms with E-state index >= 15 is 0 Å². The van der Waals surface area contributed by atoms with Crippen molar-refractivity contribution in [3.63, 3.8) is 0 Å². The van der Waals surface area contributed by atoms with Crippen LogP contribution in [0.1, 0.15) is 26.7 Å². The van der Waals surface area contributed by atoms with E-state index in [-0.39, 0.29) is 5.91 Å². The number of carbonyl (C=O) groups is 1. The van der Waals surface area contributed by atoms with Gasteiger partial charge in [0, 0.05) is 36.6 Å². The Hall–Kier alpha value is -2.96. The molecule has 0 saturated heterocycles. The van der Waals surface area contributed by atoms with Crippen LogP contribution in [-0.4, -0.2) is 38.4 Å². The second-order valence-electron chi connectivity index (χ2n) is 5.86. The summed E-state index contributed by atoms with van der Waals surface area (Å²) in [5.74, 6) is 1.16. The van der Waals surface area contributed by atoms with E-state index in [9.17, 15) is 4.79 Å². The predicted molar refractivity (Wildman–Crippen MR) is 98.1 cm³/mol. The lowest BCUT2D eigenvalue weighted by Gasteiger charge is -2.31. The highest BCUT2D eigenvalue weighted by atomic mass is 16.2. The van der Waals surface area contributed by atoms with Crippen LogP contribution in [-0.2, 0) is 4.79 Å². The van der Waals surface area contributed by atoms with Gasteiger partial charge >= 0.3 is 0 Å². The molecule has 3 aromatic heterocycles. The van der Waals surface area contributed by atoms with Crippen molar-refractivity contribution in [2.75, 3.05) is 12.4 Å². The first-order valence-corrected chi connectivity index (χ1v) is 8.39. The number of pyridine rings is 1. The maximum atomic E-state index is 12.4. The zero-order valence-corrected chi connectivity index (χ0v) is 14.6. The first kappa shape index (κ1) is 16.9. The fourth-order valence-corrected chi connectivity index (χ4v) is 2.99. The summed E-state index contributed by atoms with van der Waals surface area (Å²) >= 11 is 0. The molecule has 130 valence electrons. The molecule has 0 saturated carbocycles. The van der Waals surface area contributed by atoms with Crippen LogP contribution >= 0.6 is 0 Å². The number of nitrogens with one attached hydrogen (secondary N) is 3. The van der Waals surface area contributed by atoms with Crippen LogP contribution in [0.5, 0.6) is 0 Å². The molecule has 0 aliphatic carbocycles. The molecule has 0 unspecified atom stereocenters. The van der Waals surface area contributed by atoms with E-state index in [1.165, 1.54) is 0 Å². The Labute approximate surface area is 146 Å². The van der Waals surface area contributed by atoms with Crippen molar-refractivity contribution in [3.8, 4) is 11.4 Å². The number of rotatable bonds is 6. The topological polar surface area (TPSA) is 95.6 Å². The summed E-state index contributed by atoms with van der Waals surface area (Å²) in [4.78, 5) is 28.8. The Kier molecular flexibility index (Phi) is 4.65. The Morgan fingerprint density at radius 2 is 2.00 bits per heavy atom. The van der Waals surface area contributed by atoms with Gasteiger partial charge in [0.1, 0.15) is 17.0 Å². The minimum Gasteiger partial charge on any atom is -0.357 e. The van der Waals surface area contributed by atoms with Gasteiger partial charge in [-0.2, -0.15) is 0 Å². The lowest BCUT2D eigenvalue weighted by Crippen LogP contribution is -2.51. The molecule has 3 rings (SSSR count). The Morgan fingerprint density at radius 1 is 1.20 bits per heavy atom. The number of likely N-dealkylation sites (N-methyl/N-ethyl adjacent to an activating group) is 1. The third-order valence-corrected chi connectivity index (χ3v) is 4.58. The molecular weight excluding hydrogens is 316 g/mol. The molecule has 25 heavy (non-hydrogen) atoms. The Bertz CT molecular complexity index is 884. The van der Waals surface area contributed by atoms with Crippen molar-refractivity contribution in [2.45, 2.75) is 32.2 Å². The number of fused-ring (bicyclic) bond motifs is 1. The lowest BCUT2D eigenvalue weighted by atomic mass is 9.91. The molecule has 3 N–H and O–H groups in total. The molecule has 0 aromatic carbocycles. The average molecular weight is 338 g/mol. The third-order valence-electron chi connectivity index (χ3n) is 4.58. The normalized spacial score (nSPS) is 11.5. The van der Waals surface area contributed by atoms with E-state index < -0.39 is 5.54 Å². The SMILES string of the molecule is CCC(CC)(Nc1ccnc(-c2c[nH]c3ncccc23)n1)C(=O)NC. The molecule has 0 bridgehead atoms. The smallest absolute Gasteiger partial charge is 0.245 e. The monoisotopic (exact) mass is 338 g/mol. The van der Waals surface area contributed by atoms with Gasteiger partial charge in [-0.25, -0.2) is 15.0 Å². The molecule has 0 aliphatic heterocycles. The first-order chi connectivity index (χ1) is 12.1. The van der Waals surface area contributed by atoms with Crippen molar-refractivity contribution < 1.29 is 4.79 Å². The van der Waals surface area contributed by atoms with Crippen molar-refractivity contribution in [3.05, 3.63) is 36.8 Å². The summed E-state index contributed by atoms with van der Waals surface area (Å²) in [6, 6.07) is 5.64. The summed E-state index contributed by atoms with van der Waals surface area (Å²) in [5.41, 5.74) is 0.980. The molecular formula is C18H22N6O. The van der Waals surface area contributed by atoms with E-state index in [4.69, 9.17) is 0 Å². The summed E-state index contributed by atoms with van der Waals surface area (Å²) in [6.07, 6.45) is 6.59. The zero-order chi connectivity index (χ0) is 17.9. The van der Waals surface area contributed by atoms with Crippen LogP contribution in [0.25, 0.3) is 22.4 Å². The summed E-state index contributed by atoms with van der Waals surface area (Å²) in [5, 5.41) is 7.00. The maximum absolute atomic E-state index is 12.4. The standard InChI is InChI=1S/C18H22N6O/c1-4-18(5-2,17(25)19-3)24-14-8-10-21-16(23-14)13-11-22-15-12(13)7-6-9-20-15/h6-11H,4-5H2,1-3H3,(H,19,25)(H,20,22)(H,21,23,24). The van der Waals surface area contributed by atoms with Crippen molar-refractivity contribution >= 4 is 22.8 Å². The van der Waals surface area contributed by atoms with Crippen molar-refractivity contribution in [1.29, 1.82) is 0 Å². The van der Waals surface area contributed by atoms with Crippen LogP contribution in [0, 0.1) is 0 Å². The molecule has 0 spiro atoms. The molecule has 0 aliphatic rings. The van der Waals surface area contributed by atoms with Crippen LogP contribution in [0.2, 0.25) is 0 Å². The molecule has 0 fully saturated rings. The maximum Gasteiger partial charge on any atom is 0.245 e. The second kappa shape index (κ2) is 6.88. The van der Waals surface area contributed by atoms with Crippen LogP contribution < -0.4 is 10.6 Å². The molecule has 3 aromatic rings. The fraction of sp³-hybridized carbons (Fsp3) is 0.333. The summed E-state index contributed by atoms with van der Waals surface area (Å²) in [6.45, 7) is 3.97. The molecule has 7 heteroatoms. The number of carbonyl (C=O) groups excluding carboxylic acids is 1. The fourth-order valence-electron chi connectivity index (χ4n) is 2.99. The number of hydrogen-bond donors (Lipinski definition) is 3. The molecule has 0 atom stereocenters. The highest BCUT2D eigenvalue weighted by Gasteiger charge is 2.34. The quantitative estimate of drug-likeness (QED) is 0.642. The average Bonchev–Trinajstić information content (AvgIpc) is 3.10. The number of aromatic nitrogens is 4. The van der Waals surface area contributed by atoms with Gasteiger partial charge in [-0.15, -0.1) is 0 Å². The van der Waals surface area contributed by atoms with E-state index in [1.807, 2.05) is 32.2 Å². The van der Waals surface area contributed by atoms with Gasteiger partial charge < -0.3 is 15.6 Å². The van der Waals surface area contributed by atoms with Gasteiger partial charge in [0.25, 0.3) is 0 Å². The number of hydrogen-bond acceptors (Lipinski definition) is 5. The van der Waals surface area contributed by atoms with Gasteiger partial charge in [-0.3, -0.25) is 4.79 Å². The second-order valence-corrected chi connectivity index (χ2v) is 5.86. The van der Waals surface area contributed by atoms with E-state index in [0.717, 1.165) is 16.6 Å². The molecule has 7 nitrogen and oxygen atoms in total. The van der Waals surface area contributed by atoms with E-state index in [2.05, 4.69) is 30.6 Å². The van der Waals surface area contributed by atoms with Crippen molar-refractivity contribution in [1.82, 2.24) is 25.3 Å². The minimum atomic E-state index is -0.692. The summed E-state index contributed by atoms with van der Waals surface area (Å²) < 4.78 is 0. The van der Waals surface area contributed by atoms with E-state index in [1.54, 1.807) is 25.5 Å². The number of H-pyrrole nitrogens is 1. The van der Waals surface area contributed by atoms with Crippen LogP contribution in [0.3, 0.4) is 0 Å². The molecule has 1 amide bonds. The number of nitrogens with zero attached hydrogens (tertiary/aromatic N) is 3. The zero-order valence-electron chi connectivity index (χ0n) is 14.6. The minimum absolute atomic E-state index is 0.0473. The Morgan fingerprint density at radius 3 is 2.72 bits per heavy atom. The van der Waals surface area contributed by atoms with Gasteiger partial charge in [-0.05, 0) is 31.0 Å². The van der Waals surface area contributed by atoms with Crippen LogP contribution in [0.15, 0.2) is 36.8 Å². The molecule has 3 heterocycles.